The van der Waals surface area contributed by atoms with Crippen molar-refractivity contribution in [1.82, 2.24) is 9.71 Å². The Kier molecular flexibility index (Phi) is 4.31. The molecule has 0 aliphatic heterocycles. The van der Waals surface area contributed by atoms with Gasteiger partial charge in [0, 0.05) is 12.6 Å². The van der Waals surface area contributed by atoms with E-state index in [1.165, 1.54) is 18.5 Å². The van der Waals surface area contributed by atoms with Crippen LogP contribution in [0.15, 0.2) is 58.2 Å². The van der Waals surface area contributed by atoms with Crippen LogP contribution in [-0.2, 0) is 16.4 Å². The highest BCUT2D eigenvalue weighted by Gasteiger charge is 2.15. The van der Waals surface area contributed by atoms with Crippen molar-refractivity contribution in [2.24, 2.45) is 0 Å². The van der Waals surface area contributed by atoms with E-state index < -0.39 is 10.0 Å². The second-order valence-electron chi connectivity index (χ2n) is 4.98. The molecule has 0 atom stereocenters. The Balaban J connectivity index is 1.65. The number of benzene rings is 2. The fourth-order valence-electron chi connectivity index (χ4n) is 2.21. The monoisotopic (exact) mass is 332 g/mol. The summed E-state index contributed by atoms with van der Waals surface area (Å²) in [5.74, 6) is 0.773. The predicted octanol–water partition coefficient (Wildman–Crippen LogP) is 2.36. The molecule has 1 N–H and O–H groups in total. The van der Waals surface area contributed by atoms with Gasteiger partial charge in [-0.1, -0.05) is 12.1 Å². The summed E-state index contributed by atoms with van der Waals surface area (Å²) >= 11 is 0. The number of methoxy groups -OCH3 is 1. The van der Waals surface area contributed by atoms with Gasteiger partial charge in [0.25, 0.3) is 0 Å². The molecular weight excluding hydrogens is 316 g/mol. The van der Waals surface area contributed by atoms with Gasteiger partial charge in [-0.25, -0.2) is 18.1 Å². The minimum atomic E-state index is -3.58. The van der Waals surface area contributed by atoms with Crippen LogP contribution in [0.25, 0.3) is 11.1 Å². The summed E-state index contributed by atoms with van der Waals surface area (Å²) in [5, 5.41) is 0. The van der Waals surface area contributed by atoms with E-state index in [1.807, 2.05) is 24.3 Å². The fraction of sp³-hybridized carbons (Fsp3) is 0.188. The van der Waals surface area contributed by atoms with Crippen molar-refractivity contribution in [2.75, 3.05) is 13.7 Å². The molecule has 3 rings (SSSR count). The van der Waals surface area contributed by atoms with Crippen LogP contribution < -0.4 is 9.46 Å². The average molecular weight is 332 g/mol. The van der Waals surface area contributed by atoms with Gasteiger partial charge >= 0.3 is 0 Å². The molecule has 120 valence electrons. The van der Waals surface area contributed by atoms with Crippen molar-refractivity contribution in [1.29, 1.82) is 0 Å². The van der Waals surface area contributed by atoms with Gasteiger partial charge in [-0.2, -0.15) is 0 Å². The van der Waals surface area contributed by atoms with Gasteiger partial charge in [0.05, 0.1) is 12.0 Å². The van der Waals surface area contributed by atoms with Crippen molar-refractivity contribution >= 4 is 21.1 Å². The zero-order valence-electron chi connectivity index (χ0n) is 12.5. The van der Waals surface area contributed by atoms with Crippen molar-refractivity contribution in [2.45, 2.75) is 11.3 Å². The topological polar surface area (TPSA) is 81.4 Å². The molecule has 0 bridgehead atoms. The van der Waals surface area contributed by atoms with Gasteiger partial charge in [-0.05, 0) is 36.2 Å². The first-order valence-electron chi connectivity index (χ1n) is 7.04. The van der Waals surface area contributed by atoms with Crippen molar-refractivity contribution < 1.29 is 17.6 Å². The number of nitrogens with zero attached hydrogens (tertiary/aromatic N) is 1. The zero-order valence-corrected chi connectivity index (χ0v) is 13.3. The van der Waals surface area contributed by atoms with Gasteiger partial charge < -0.3 is 9.15 Å². The molecule has 1 heterocycles. The van der Waals surface area contributed by atoms with E-state index in [0.29, 0.717) is 24.1 Å². The number of sulfonamides is 1. The number of rotatable bonds is 6. The van der Waals surface area contributed by atoms with E-state index in [1.54, 1.807) is 13.2 Å². The summed E-state index contributed by atoms with van der Waals surface area (Å²) in [6.07, 6.45) is 1.88. The van der Waals surface area contributed by atoms with E-state index in [-0.39, 0.29) is 4.90 Å². The Morgan fingerprint density at radius 3 is 2.70 bits per heavy atom. The Morgan fingerprint density at radius 2 is 1.96 bits per heavy atom. The normalized spacial score (nSPS) is 11.7. The molecule has 0 aliphatic carbocycles. The van der Waals surface area contributed by atoms with E-state index in [9.17, 15) is 8.42 Å². The van der Waals surface area contributed by atoms with E-state index >= 15 is 0 Å². The number of oxazole rings is 1. The smallest absolute Gasteiger partial charge is 0.240 e. The van der Waals surface area contributed by atoms with Gasteiger partial charge in [-0.3, -0.25) is 0 Å². The molecule has 2 aromatic carbocycles. The molecule has 0 aliphatic rings. The van der Waals surface area contributed by atoms with Crippen LogP contribution in [0.3, 0.4) is 0 Å². The van der Waals surface area contributed by atoms with Crippen LogP contribution in [0.1, 0.15) is 5.56 Å². The van der Waals surface area contributed by atoms with Crippen molar-refractivity contribution in [3.05, 3.63) is 54.4 Å². The van der Waals surface area contributed by atoms with Gasteiger partial charge in [0.1, 0.15) is 11.3 Å². The maximum Gasteiger partial charge on any atom is 0.240 e. The minimum Gasteiger partial charge on any atom is -0.497 e. The summed E-state index contributed by atoms with van der Waals surface area (Å²) in [6, 6.07) is 12.1. The number of hydrogen-bond donors (Lipinski definition) is 1. The first-order chi connectivity index (χ1) is 11.1. The third-order valence-corrected chi connectivity index (χ3v) is 4.94. The first-order valence-corrected chi connectivity index (χ1v) is 8.53. The highest BCUT2D eigenvalue weighted by atomic mass is 32.2. The first kappa shape index (κ1) is 15.5. The quantitative estimate of drug-likeness (QED) is 0.749. The summed E-state index contributed by atoms with van der Waals surface area (Å²) in [4.78, 5) is 4.13. The van der Waals surface area contributed by atoms with Crippen LogP contribution in [0.4, 0.5) is 0 Å². The Bertz CT molecular complexity index is 901. The number of hydrogen-bond acceptors (Lipinski definition) is 5. The summed E-state index contributed by atoms with van der Waals surface area (Å²) in [6.45, 7) is 0.309. The molecule has 6 nitrogen and oxygen atoms in total. The lowest BCUT2D eigenvalue weighted by molar-refractivity contribution is 0.414. The van der Waals surface area contributed by atoms with E-state index in [4.69, 9.17) is 9.15 Å². The number of nitrogens with one attached hydrogen (secondary N) is 1. The van der Waals surface area contributed by atoms with Crippen LogP contribution >= 0.6 is 0 Å². The summed E-state index contributed by atoms with van der Waals surface area (Å²) in [7, 11) is -1.97. The number of aromatic nitrogens is 1. The molecule has 0 amide bonds. The van der Waals surface area contributed by atoms with E-state index in [0.717, 1.165) is 11.3 Å². The highest BCUT2D eigenvalue weighted by Crippen LogP contribution is 2.18. The lowest BCUT2D eigenvalue weighted by Crippen LogP contribution is -2.25. The second kappa shape index (κ2) is 6.39. The fourth-order valence-corrected chi connectivity index (χ4v) is 3.25. The lowest BCUT2D eigenvalue weighted by Gasteiger charge is -2.07. The maximum absolute atomic E-state index is 12.3. The third-order valence-electron chi connectivity index (χ3n) is 3.48. The van der Waals surface area contributed by atoms with Crippen LogP contribution in [-0.4, -0.2) is 27.1 Å². The second-order valence-corrected chi connectivity index (χ2v) is 6.74. The maximum atomic E-state index is 12.3. The third kappa shape index (κ3) is 3.52. The average Bonchev–Trinajstić information content (AvgIpc) is 3.03. The molecule has 23 heavy (non-hydrogen) atoms. The van der Waals surface area contributed by atoms with Crippen LogP contribution in [0, 0.1) is 0 Å². The van der Waals surface area contributed by atoms with Gasteiger partial charge in [0.2, 0.25) is 10.0 Å². The Labute approximate surface area is 134 Å². The van der Waals surface area contributed by atoms with Gasteiger partial charge in [-0.15, -0.1) is 0 Å². The molecule has 0 saturated heterocycles. The van der Waals surface area contributed by atoms with Crippen LogP contribution in [0.2, 0.25) is 0 Å². The summed E-state index contributed by atoms with van der Waals surface area (Å²) in [5.41, 5.74) is 2.10. The molecule has 7 heteroatoms. The van der Waals surface area contributed by atoms with Crippen molar-refractivity contribution in [3.8, 4) is 5.75 Å². The predicted molar refractivity (Wildman–Crippen MR) is 85.9 cm³/mol. The SMILES string of the molecule is COc1ccc(CCNS(=O)(=O)c2ccc3ncoc3c2)cc1. The Hall–Kier alpha value is -2.38. The molecular formula is C16H16N2O4S. The zero-order chi connectivity index (χ0) is 16.3. The van der Waals surface area contributed by atoms with Crippen LogP contribution in [0.5, 0.6) is 5.75 Å². The highest BCUT2D eigenvalue weighted by molar-refractivity contribution is 7.89. The molecule has 0 unspecified atom stereocenters. The minimum absolute atomic E-state index is 0.163. The molecule has 0 radical (unpaired) electrons. The van der Waals surface area contributed by atoms with Crippen molar-refractivity contribution in [3.63, 3.8) is 0 Å². The molecule has 0 spiro atoms. The Morgan fingerprint density at radius 1 is 1.17 bits per heavy atom. The number of ether oxygens (including phenoxy) is 1. The molecule has 0 fully saturated rings. The molecule has 0 saturated carbocycles. The lowest BCUT2D eigenvalue weighted by atomic mass is 10.1. The van der Waals surface area contributed by atoms with Gasteiger partial charge in [0.15, 0.2) is 12.0 Å². The largest absolute Gasteiger partial charge is 0.497 e. The molecule has 3 aromatic rings. The summed E-state index contributed by atoms with van der Waals surface area (Å²) < 4.78 is 37.4. The van der Waals surface area contributed by atoms with E-state index in [2.05, 4.69) is 9.71 Å². The molecule has 1 aromatic heterocycles. The number of fused-ring (bicyclic) bond motifs is 1. The standard InChI is InChI=1S/C16H16N2O4S/c1-21-13-4-2-12(3-5-13)8-9-18-23(19,20)14-6-7-15-16(10-14)22-11-17-15/h2-7,10-11,18H,8-9H2,1H3.